The standard InChI is InChI=1S/C14H19BrN2O2/c1-2-12(10-4-3-5-11(15)8-10)17-7-6-14(16,9-17)13(18)19/h3-5,8,12H,2,6-7,9,16H2,1H3,(H,18,19). The van der Waals surface area contributed by atoms with E-state index in [4.69, 9.17) is 5.73 Å². The minimum Gasteiger partial charge on any atom is -0.480 e. The van der Waals surface area contributed by atoms with E-state index in [0.717, 1.165) is 17.4 Å². The van der Waals surface area contributed by atoms with Gasteiger partial charge in [0, 0.05) is 23.6 Å². The van der Waals surface area contributed by atoms with E-state index in [0.29, 0.717) is 13.0 Å². The molecule has 5 heteroatoms. The lowest BCUT2D eigenvalue weighted by atomic mass is 10.00. The first-order chi connectivity index (χ1) is 8.96. The van der Waals surface area contributed by atoms with Crippen LogP contribution < -0.4 is 5.73 Å². The lowest BCUT2D eigenvalue weighted by Crippen LogP contribution is -2.50. The summed E-state index contributed by atoms with van der Waals surface area (Å²) in [4.78, 5) is 13.4. The minimum atomic E-state index is -1.10. The number of hydrogen-bond donors (Lipinski definition) is 2. The fraction of sp³-hybridized carbons (Fsp3) is 0.500. The molecule has 1 aliphatic heterocycles. The first kappa shape index (κ1) is 14.5. The van der Waals surface area contributed by atoms with Crippen LogP contribution in [0.2, 0.25) is 0 Å². The summed E-state index contributed by atoms with van der Waals surface area (Å²) in [6.45, 7) is 3.25. The number of aliphatic carboxylic acids is 1. The fourth-order valence-corrected chi connectivity index (χ4v) is 3.14. The molecule has 0 aliphatic carbocycles. The van der Waals surface area contributed by atoms with Gasteiger partial charge in [-0.25, -0.2) is 0 Å². The number of likely N-dealkylation sites (tertiary alicyclic amines) is 1. The molecule has 0 saturated carbocycles. The molecule has 1 aromatic carbocycles. The Morgan fingerprint density at radius 1 is 1.63 bits per heavy atom. The second-order valence-electron chi connectivity index (χ2n) is 5.16. The highest BCUT2D eigenvalue weighted by Gasteiger charge is 2.43. The molecule has 1 aromatic rings. The summed E-state index contributed by atoms with van der Waals surface area (Å²) in [7, 11) is 0. The Bertz CT molecular complexity index is 480. The molecule has 2 unspecified atom stereocenters. The number of carboxylic acid groups (broad SMARTS) is 1. The Morgan fingerprint density at radius 2 is 2.37 bits per heavy atom. The maximum absolute atomic E-state index is 11.2. The smallest absolute Gasteiger partial charge is 0.325 e. The van der Waals surface area contributed by atoms with E-state index < -0.39 is 11.5 Å². The molecule has 2 rings (SSSR count). The zero-order valence-corrected chi connectivity index (χ0v) is 12.6. The van der Waals surface area contributed by atoms with E-state index in [1.54, 1.807) is 0 Å². The van der Waals surface area contributed by atoms with Crippen LogP contribution in [0.1, 0.15) is 31.4 Å². The maximum Gasteiger partial charge on any atom is 0.325 e. The Kier molecular flexibility index (Phi) is 4.28. The topological polar surface area (TPSA) is 66.6 Å². The van der Waals surface area contributed by atoms with E-state index in [-0.39, 0.29) is 6.04 Å². The highest BCUT2D eigenvalue weighted by molar-refractivity contribution is 9.10. The average molecular weight is 327 g/mol. The summed E-state index contributed by atoms with van der Waals surface area (Å²) in [5.74, 6) is -0.904. The van der Waals surface area contributed by atoms with Gasteiger partial charge in [0.1, 0.15) is 5.54 Å². The van der Waals surface area contributed by atoms with Crippen LogP contribution in [0.5, 0.6) is 0 Å². The van der Waals surface area contributed by atoms with Crippen molar-refractivity contribution in [2.75, 3.05) is 13.1 Å². The summed E-state index contributed by atoms with van der Waals surface area (Å²) in [6.07, 6.45) is 1.44. The molecule has 1 saturated heterocycles. The van der Waals surface area contributed by atoms with Crippen LogP contribution in [0.3, 0.4) is 0 Å². The predicted octanol–water partition coefficient (Wildman–Crippen LogP) is 2.39. The number of nitrogens with zero attached hydrogens (tertiary/aromatic N) is 1. The van der Waals surface area contributed by atoms with Gasteiger partial charge >= 0.3 is 5.97 Å². The number of carboxylic acids is 1. The summed E-state index contributed by atoms with van der Waals surface area (Å²) in [5.41, 5.74) is 6.04. The van der Waals surface area contributed by atoms with Crippen LogP contribution in [-0.4, -0.2) is 34.6 Å². The van der Waals surface area contributed by atoms with E-state index in [1.807, 2.05) is 12.1 Å². The first-order valence-electron chi connectivity index (χ1n) is 6.48. The zero-order valence-electron chi connectivity index (χ0n) is 11.0. The van der Waals surface area contributed by atoms with Crippen LogP contribution >= 0.6 is 15.9 Å². The number of carbonyl (C=O) groups is 1. The van der Waals surface area contributed by atoms with Crippen molar-refractivity contribution in [3.05, 3.63) is 34.3 Å². The predicted molar refractivity (Wildman–Crippen MR) is 77.9 cm³/mol. The van der Waals surface area contributed by atoms with Gasteiger partial charge in [0.25, 0.3) is 0 Å². The zero-order chi connectivity index (χ0) is 14.0. The highest BCUT2D eigenvalue weighted by atomic mass is 79.9. The normalized spacial score (nSPS) is 25.4. The number of rotatable bonds is 4. The van der Waals surface area contributed by atoms with Gasteiger partial charge in [-0.05, 0) is 30.5 Å². The minimum absolute atomic E-state index is 0.224. The monoisotopic (exact) mass is 326 g/mol. The lowest BCUT2D eigenvalue weighted by Gasteiger charge is -2.28. The van der Waals surface area contributed by atoms with Crippen molar-refractivity contribution in [2.24, 2.45) is 5.73 Å². The number of halogens is 1. The molecule has 1 fully saturated rings. The molecular weight excluding hydrogens is 308 g/mol. The molecule has 1 heterocycles. The van der Waals surface area contributed by atoms with Gasteiger partial charge in [0.2, 0.25) is 0 Å². The molecule has 19 heavy (non-hydrogen) atoms. The van der Waals surface area contributed by atoms with Crippen LogP contribution in [-0.2, 0) is 4.79 Å². The van der Waals surface area contributed by atoms with Crippen molar-refractivity contribution < 1.29 is 9.90 Å². The van der Waals surface area contributed by atoms with Crippen LogP contribution in [0.25, 0.3) is 0 Å². The highest BCUT2D eigenvalue weighted by Crippen LogP contribution is 2.32. The molecule has 104 valence electrons. The van der Waals surface area contributed by atoms with E-state index >= 15 is 0 Å². The van der Waals surface area contributed by atoms with Crippen LogP contribution in [0.4, 0.5) is 0 Å². The van der Waals surface area contributed by atoms with Gasteiger partial charge < -0.3 is 10.8 Å². The Labute approximate surface area is 121 Å². The molecule has 3 N–H and O–H groups in total. The van der Waals surface area contributed by atoms with Crippen molar-refractivity contribution in [1.29, 1.82) is 0 Å². The summed E-state index contributed by atoms with van der Waals surface area (Å²) in [6, 6.07) is 8.39. The van der Waals surface area contributed by atoms with Gasteiger partial charge in [-0.2, -0.15) is 0 Å². The third kappa shape index (κ3) is 2.99. The van der Waals surface area contributed by atoms with Crippen molar-refractivity contribution in [1.82, 2.24) is 4.90 Å². The van der Waals surface area contributed by atoms with E-state index in [1.165, 1.54) is 5.56 Å². The fourth-order valence-electron chi connectivity index (χ4n) is 2.72. The Hall–Kier alpha value is -0.910. The van der Waals surface area contributed by atoms with Crippen molar-refractivity contribution in [3.63, 3.8) is 0 Å². The Balaban J connectivity index is 2.18. The largest absolute Gasteiger partial charge is 0.480 e. The van der Waals surface area contributed by atoms with Crippen LogP contribution in [0.15, 0.2) is 28.7 Å². The van der Waals surface area contributed by atoms with Crippen molar-refractivity contribution in [2.45, 2.75) is 31.3 Å². The van der Waals surface area contributed by atoms with Gasteiger partial charge in [0.05, 0.1) is 0 Å². The molecule has 0 aromatic heterocycles. The lowest BCUT2D eigenvalue weighted by molar-refractivity contribution is -0.142. The first-order valence-corrected chi connectivity index (χ1v) is 7.27. The third-order valence-corrected chi connectivity index (χ3v) is 4.31. The summed E-state index contributed by atoms with van der Waals surface area (Å²) >= 11 is 3.48. The SMILES string of the molecule is CCC(c1cccc(Br)c1)N1CCC(N)(C(=O)O)C1. The third-order valence-electron chi connectivity index (χ3n) is 3.82. The maximum atomic E-state index is 11.2. The van der Waals surface area contributed by atoms with Crippen molar-refractivity contribution >= 4 is 21.9 Å². The summed E-state index contributed by atoms with van der Waals surface area (Å²) in [5, 5.41) is 9.20. The molecule has 1 aliphatic rings. The van der Waals surface area contributed by atoms with Gasteiger partial charge in [-0.3, -0.25) is 9.69 Å². The number of hydrogen-bond acceptors (Lipinski definition) is 3. The van der Waals surface area contributed by atoms with Gasteiger partial charge in [-0.1, -0.05) is 35.0 Å². The second-order valence-corrected chi connectivity index (χ2v) is 6.08. The molecule has 0 radical (unpaired) electrons. The molecule has 4 nitrogen and oxygen atoms in total. The molecule has 2 atom stereocenters. The molecule has 0 amide bonds. The Morgan fingerprint density at radius 3 is 2.89 bits per heavy atom. The van der Waals surface area contributed by atoms with Crippen LogP contribution in [0, 0.1) is 0 Å². The van der Waals surface area contributed by atoms with E-state index in [2.05, 4.69) is 39.9 Å². The number of nitrogens with two attached hydrogens (primary N) is 1. The molecule has 0 spiro atoms. The van der Waals surface area contributed by atoms with E-state index in [9.17, 15) is 9.90 Å². The molecule has 0 bridgehead atoms. The van der Waals surface area contributed by atoms with Gasteiger partial charge in [0.15, 0.2) is 0 Å². The second kappa shape index (κ2) is 5.61. The molecular formula is C14H19BrN2O2. The van der Waals surface area contributed by atoms with Crippen molar-refractivity contribution in [3.8, 4) is 0 Å². The van der Waals surface area contributed by atoms with Gasteiger partial charge in [-0.15, -0.1) is 0 Å². The number of benzene rings is 1. The average Bonchev–Trinajstić information content (AvgIpc) is 2.74. The quantitative estimate of drug-likeness (QED) is 0.891. The summed E-state index contributed by atoms with van der Waals surface area (Å²) < 4.78 is 1.04.